The molecule has 142 valence electrons. The van der Waals surface area contributed by atoms with Crippen LogP contribution in [-0.4, -0.2) is 30.8 Å². The van der Waals surface area contributed by atoms with Crippen molar-refractivity contribution in [3.05, 3.63) is 82.0 Å². The van der Waals surface area contributed by atoms with E-state index in [-0.39, 0.29) is 11.9 Å². The van der Waals surface area contributed by atoms with Gasteiger partial charge >= 0.3 is 0 Å². The first kappa shape index (κ1) is 18.3. The number of hydrogen-bond donors (Lipinski definition) is 0. The lowest BCUT2D eigenvalue weighted by Crippen LogP contribution is -2.26. The number of benzene rings is 2. The Kier molecular flexibility index (Phi) is 5.12. The van der Waals surface area contributed by atoms with Crippen LogP contribution in [0.1, 0.15) is 33.3 Å². The summed E-state index contributed by atoms with van der Waals surface area (Å²) in [6.45, 7) is 0. The van der Waals surface area contributed by atoms with Gasteiger partial charge in [-0.2, -0.15) is 5.10 Å². The number of thiophene rings is 1. The molecule has 0 fully saturated rings. The Morgan fingerprint density at radius 3 is 2.50 bits per heavy atom. The fourth-order valence-electron chi connectivity index (χ4n) is 3.25. The average molecular weight is 392 g/mol. The molecule has 0 spiro atoms. The summed E-state index contributed by atoms with van der Waals surface area (Å²) in [6, 6.07) is 18.9. The third-order valence-corrected chi connectivity index (χ3v) is 5.70. The zero-order chi connectivity index (χ0) is 19.5. The molecule has 0 radical (unpaired) electrons. The SMILES string of the molecule is COc1ccc(C2=NN(C(=O)c3cccc(OC)c3)[C@H](c3cccs3)C2)cc1. The van der Waals surface area contributed by atoms with Crippen molar-refractivity contribution in [3.63, 3.8) is 0 Å². The number of ether oxygens (including phenoxy) is 2. The minimum absolute atomic E-state index is 0.115. The lowest BCUT2D eigenvalue weighted by atomic mass is 10.0. The summed E-state index contributed by atoms with van der Waals surface area (Å²) < 4.78 is 10.5. The van der Waals surface area contributed by atoms with E-state index in [1.807, 2.05) is 53.9 Å². The highest BCUT2D eigenvalue weighted by molar-refractivity contribution is 7.10. The topological polar surface area (TPSA) is 51.1 Å². The van der Waals surface area contributed by atoms with Crippen LogP contribution in [0.15, 0.2) is 71.1 Å². The second kappa shape index (κ2) is 7.86. The molecule has 1 amide bonds. The molecular weight excluding hydrogens is 372 g/mol. The molecule has 2 heterocycles. The predicted octanol–water partition coefficient (Wildman–Crippen LogP) is 4.76. The second-order valence-corrected chi connectivity index (χ2v) is 7.37. The van der Waals surface area contributed by atoms with Crippen LogP contribution < -0.4 is 9.47 Å². The average Bonchev–Trinajstić information content (AvgIpc) is 3.43. The van der Waals surface area contributed by atoms with Crippen molar-refractivity contribution in [2.24, 2.45) is 5.10 Å². The van der Waals surface area contributed by atoms with Crippen LogP contribution in [0.5, 0.6) is 11.5 Å². The number of nitrogens with zero attached hydrogens (tertiary/aromatic N) is 2. The monoisotopic (exact) mass is 392 g/mol. The van der Waals surface area contributed by atoms with E-state index in [2.05, 4.69) is 0 Å². The van der Waals surface area contributed by atoms with Crippen LogP contribution in [0.4, 0.5) is 0 Å². The minimum Gasteiger partial charge on any atom is -0.497 e. The first-order valence-corrected chi connectivity index (χ1v) is 9.80. The van der Waals surface area contributed by atoms with Gasteiger partial charge in [0.1, 0.15) is 11.5 Å². The zero-order valence-corrected chi connectivity index (χ0v) is 16.5. The second-order valence-electron chi connectivity index (χ2n) is 6.39. The van der Waals surface area contributed by atoms with Gasteiger partial charge in [-0.25, -0.2) is 5.01 Å². The van der Waals surface area contributed by atoms with Crippen LogP contribution in [0.3, 0.4) is 0 Å². The van der Waals surface area contributed by atoms with Crippen molar-refractivity contribution in [3.8, 4) is 11.5 Å². The van der Waals surface area contributed by atoms with Crippen LogP contribution in [0.25, 0.3) is 0 Å². The van der Waals surface area contributed by atoms with Gasteiger partial charge in [0.25, 0.3) is 5.91 Å². The third-order valence-electron chi connectivity index (χ3n) is 4.73. The van der Waals surface area contributed by atoms with Gasteiger partial charge in [0.15, 0.2) is 0 Å². The van der Waals surface area contributed by atoms with Crippen molar-refractivity contribution in [2.45, 2.75) is 12.5 Å². The van der Waals surface area contributed by atoms with Gasteiger partial charge in [0.05, 0.1) is 26.0 Å². The Bertz CT molecular complexity index is 997. The van der Waals surface area contributed by atoms with E-state index in [0.717, 1.165) is 21.9 Å². The number of carbonyl (C=O) groups excluding carboxylic acids is 1. The molecule has 28 heavy (non-hydrogen) atoms. The number of carbonyl (C=O) groups is 1. The highest BCUT2D eigenvalue weighted by Crippen LogP contribution is 2.36. The molecule has 0 bridgehead atoms. The van der Waals surface area contributed by atoms with Gasteiger partial charge in [0.2, 0.25) is 0 Å². The number of methoxy groups -OCH3 is 2. The Hall–Kier alpha value is -3.12. The maximum absolute atomic E-state index is 13.2. The van der Waals surface area contributed by atoms with Gasteiger partial charge in [0, 0.05) is 16.9 Å². The molecule has 0 unspecified atom stereocenters. The summed E-state index contributed by atoms with van der Waals surface area (Å²) >= 11 is 1.64. The molecule has 1 aliphatic rings. The number of amides is 1. The third kappa shape index (κ3) is 3.51. The van der Waals surface area contributed by atoms with Crippen LogP contribution in [0.2, 0.25) is 0 Å². The van der Waals surface area contributed by atoms with E-state index in [1.54, 1.807) is 42.7 Å². The quantitative estimate of drug-likeness (QED) is 0.629. The first-order chi connectivity index (χ1) is 13.7. The zero-order valence-electron chi connectivity index (χ0n) is 15.7. The van der Waals surface area contributed by atoms with Crippen molar-refractivity contribution in [1.82, 2.24) is 5.01 Å². The smallest absolute Gasteiger partial charge is 0.274 e. The molecule has 5 nitrogen and oxygen atoms in total. The van der Waals surface area contributed by atoms with Gasteiger partial charge in [-0.1, -0.05) is 12.1 Å². The normalized spacial score (nSPS) is 16.0. The molecule has 1 aliphatic heterocycles. The molecule has 0 N–H and O–H groups in total. The molecule has 1 atom stereocenters. The molecule has 6 heteroatoms. The van der Waals surface area contributed by atoms with Gasteiger partial charge in [-0.15, -0.1) is 11.3 Å². The van der Waals surface area contributed by atoms with Crippen molar-refractivity contribution in [2.75, 3.05) is 14.2 Å². The maximum atomic E-state index is 13.2. The van der Waals surface area contributed by atoms with E-state index in [9.17, 15) is 4.79 Å². The molecular formula is C22H20N2O3S. The van der Waals surface area contributed by atoms with E-state index in [4.69, 9.17) is 14.6 Å². The van der Waals surface area contributed by atoms with E-state index >= 15 is 0 Å². The van der Waals surface area contributed by atoms with Crippen molar-refractivity contribution >= 4 is 23.0 Å². The Morgan fingerprint density at radius 2 is 1.82 bits per heavy atom. The van der Waals surface area contributed by atoms with Crippen molar-refractivity contribution < 1.29 is 14.3 Å². The predicted molar refractivity (Wildman–Crippen MR) is 110 cm³/mol. The van der Waals surface area contributed by atoms with E-state index < -0.39 is 0 Å². The number of hydrogen-bond acceptors (Lipinski definition) is 5. The Balaban J connectivity index is 1.69. The van der Waals surface area contributed by atoms with Crippen LogP contribution in [0, 0.1) is 0 Å². The van der Waals surface area contributed by atoms with Crippen molar-refractivity contribution in [1.29, 1.82) is 0 Å². The summed E-state index contributed by atoms with van der Waals surface area (Å²) in [7, 11) is 3.23. The first-order valence-electron chi connectivity index (χ1n) is 8.92. The molecule has 3 aromatic rings. The lowest BCUT2D eigenvalue weighted by Gasteiger charge is -2.20. The largest absolute Gasteiger partial charge is 0.497 e. The molecule has 4 rings (SSSR count). The summed E-state index contributed by atoms with van der Waals surface area (Å²) in [4.78, 5) is 14.4. The molecule has 0 saturated heterocycles. The van der Waals surface area contributed by atoms with Crippen LogP contribution >= 0.6 is 11.3 Å². The minimum atomic E-state index is -0.138. The fraction of sp³-hybridized carbons (Fsp3) is 0.182. The molecule has 0 saturated carbocycles. The fourth-order valence-corrected chi connectivity index (χ4v) is 4.06. The Labute approximate surface area is 167 Å². The summed E-state index contributed by atoms with van der Waals surface area (Å²) in [5, 5.41) is 8.33. The highest BCUT2D eigenvalue weighted by atomic mass is 32.1. The summed E-state index contributed by atoms with van der Waals surface area (Å²) in [5.74, 6) is 1.30. The summed E-state index contributed by atoms with van der Waals surface area (Å²) in [5.41, 5.74) is 2.43. The molecule has 2 aromatic carbocycles. The summed E-state index contributed by atoms with van der Waals surface area (Å²) in [6.07, 6.45) is 0.669. The highest BCUT2D eigenvalue weighted by Gasteiger charge is 2.34. The van der Waals surface area contributed by atoms with Gasteiger partial charge in [-0.3, -0.25) is 4.79 Å². The van der Waals surface area contributed by atoms with Crippen LogP contribution in [-0.2, 0) is 0 Å². The van der Waals surface area contributed by atoms with E-state index in [1.165, 1.54) is 0 Å². The van der Waals surface area contributed by atoms with Gasteiger partial charge < -0.3 is 9.47 Å². The standard InChI is InChI=1S/C22H20N2O3S/c1-26-17-10-8-15(9-11-17)19-14-20(21-7-4-12-28-21)24(23-19)22(25)16-5-3-6-18(13-16)27-2/h3-13,20H,14H2,1-2H3/t20-/m0/s1. The van der Waals surface area contributed by atoms with Gasteiger partial charge in [-0.05, 0) is 59.5 Å². The van der Waals surface area contributed by atoms with E-state index in [0.29, 0.717) is 17.7 Å². The maximum Gasteiger partial charge on any atom is 0.274 e. The Morgan fingerprint density at radius 1 is 1.04 bits per heavy atom. The number of rotatable bonds is 5. The lowest BCUT2D eigenvalue weighted by molar-refractivity contribution is 0.0713. The molecule has 1 aromatic heterocycles. The molecule has 0 aliphatic carbocycles. The number of hydrazone groups is 1.